The van der Waals surface area contributed by atoms with Gasteiger partial charge in [-0.2, -0.15) is 0 Å². The first-order chi connectivity index (χ1) is 8.81. The van der Waals surface area contributed by atoms with Crippen LogP contribution < -0.4 is 5.32 Å². The summed E-state index contributed by atoms with van der Waals surface area (Å²) in [6.07, 6.45) is 1.20. The predicted molar refractivity (Wildman–Crippen MR) is 74.7 cm³/mol. The summed E-state index contributed by atoms with van der Waals surface area (Å²) in [5.41, 5.74) is 1.38. The number of hydrogen-bond acceptors (Lipinski definition) is 3. The Morgan fingerprint density at radius 1 is 1.33 bits per heavy atom. The summed E-state index contributed by atoms with van der Waals surface area (Å²) in [7, 11) is 1.77. The van der Waals surface area contributed by atoms with Crippen molar-refractivity contribution in [3.05, 3.63) is 35.9 Å². The van der Waals surface area contributed by atoms with E-state index in [1.165, 1.54) is 12.0 Å². The standard InChI is InChI=1S/C15H24N2O/c1-13-8-9-16-15(12-17(13)10-11-18-2)14-6-4-3-5-7-14/h3-7,13,15-16H,8-12H2,1-2H3. The Bertz CT molecular complexity index is 342. The van der Waals surface area contributed by atoms with Gasteiger partial charge in [-0.25, -0.2) is 0 Å². The quantitative estimate of drug-likeness (QED) is 0.882. The fourth-order valence-corrected chi connectivity index (χ4v) is 2.56. The Hall–Kier alpha value is -0.900. The van der Waals surface area contributed by atoms with Crippen LogP contribution in [0, 0.1) is 0 Å². The van der Waals surface area contributed by atoms with Crippen LogP contribution in [-0.4, -0.2) is 44.3 Å². The largest absolute Gasteiger partial charge is 0.383 e. The van der Waals surface area contributed by atoms with Gasteiger partial charge in [-0.15, -0.1) is 0 Å². The normalized spacial score (nSPS) is 25.9. The van der Waals surface area contributed by atoms with Gasteiger partial charge in [-0.3, -0.25) is 4.90 Å². The maximum Gasteiger partial charge on any atom is 0.0589 e. The van der Waals surface area contributed by atoms with E-state index in [1.54, 1.807) is 7.11 Å². The second-order valence-electron chi connectivity index (χ2n) is 5.04. The maximum absolute atomic E-state index is 5.21. The Labute approximate surface area is 110 Å². The summed E-state index contributed by atoms with van der Waals surface area (Å²) < 4.78 is 5.21. The highest BCUT2D eigenvalue weighted by atomic mass is 16.5. The molecule has 1 fully saturated rings. The van der Waals surface area contributed by atoms with Gasteiger partial charge < -0.3 is 10.1 Å². The Morgan fingerprint density at radius 3 is 2.83 bits per heavy atom. The van der Waals surface area contributed by atoms with Crippen LogP contribution >= 0.6 is 0 Å². The average molecular weight is 248 g/mol. The summed E-state index contributed by atoms with van der Waals surface area (Å²) in [5.74, 6) is 0. The molecule has 3 heteroatoms. The molecule has 0 bridgehead atoms. The van der Waals surface area contributed by atoms with E-state index in [4.69, 9.17) is 4.74 Å². The van der Waals surface area contributed by atoms with Crippen LogP contribution in [0.4, 0.5) is 0 Å². The number of methoxy groups -OCH3 is 1. The van der Waals surface area contributed by atoms with Crippen LogP contribution in [0.2, 0.25) is 0 Å². The first-order valence-electron chi connectivity index (χ1n) is 6.82. The van der Waals surface area contributed by atoms with Crippen molar-refractivity contribution in [1.29, 1.82) is 0 Å². The van der Waals surface area contributed by atoms with Crippen LogP contribution in [0.3, 0.4) is 0 Å². The summed E-state index contributed by atoms with van der Waals surface area (Å²) in [6.45, 7) is 6.29. The topological polar surface area (TPSA) is 24.5 Å². The Morgan fingerprint density at radius 2 is 2.11 bits per heavy atom. The highest BCUT2D eigenvalue weighted by Gasteiger charge is 2.23. The number of nitrogens with zero attached hydrogens (tertiary/aromatic N) is 1. The zero-order chi connectivity index (χ0) is 12.8. The molecule has 1 saturated heterocycles. The maximum atomic E-state index is 5.21. The Balaban J connectivity index is 2.03. The van der Waals surface area contributed by atoms with Crippen molar-refractivity contribution in [1.82, 2.24) is 10.2 Å². The van der Waals surface area contributed by atoms with Gasteiger partial charge in [0.05, 0.1) is 6.61 Å². The van der Waals surface area contributed by atoms with E-state index in [0.717, 1.165) is 26.2 Å². The van der Waals surface area contributed by atoms with Crippen LogP contribution in [0.5, 0.6) is 0 Å². The van der Waals surface area contributed by atoms with E-state index in [2.05, 4.69) is 47.5 Å². The summed E-state index contributed by atoms with van der Waals surface area (Å²) in [6, 6.07) is 11.8. The van der Waals surface area contributed by atoms with Gasteiger partial charge in [-0.05, 0) is 25.5 Å². The number of ether oxygens (including phenoxy) is 1. The molecule has 2 atom stereocenters. The fraction of sp³-hybridized carbons (Fsp3) is 0.600. The van der Waals surface area contributed by atoms with Crippen molar-refractivity contribution in [2.75, 3.05) is 33.4 Å². The lowest BCUT2D eigenvalue weighted by molar-refractivity contribution is 0.123. The molecular weight excluding hydrogens is 224 g/mol. The van der Waals surface area contributed by atoms with Crippen LogP contribution in [0.25, 0.3) is 0 Å². The Kier molecular flexibility index (Phi) is 5.17. The first kappa shape index (κ1) is 13.5. The number of nitrogens with one attached hydrogen (secondary N) is 1. The van der Waals surface area contributed by atoms with Crippen molar-refractivity contribution in [2.45, 2.75) is 25.4 Å². The summed E-state index contributed by atoms with van der Waals surface area (Å²) >= 11 is 0. The van der Waals surface area contributed by atoms with E-state index in [1.807, 2.05) is 0 Å². The molecule has 1 N–H and O–H groups in total. The molecule has 100 valence electrons. The molecule has 18 heavy (non-hydrogen) atoms. The second-order valence-corrected chi connectivity index (χ2v) is 5.04. The third kappa shape index (κ3) is 3.55. The molecule has 2 rings (SSSR count). The molecule has 0 aliphatic carbocycles. The van der Waals surface area contributed by atoms with Crippen LogP contribution in [0.1, 0.15) is 24.9 Å². The van der Waals surface area contributed by atoms with E-state index in [9.17, 15) is 0 Å². The van der Waals surface area contributed by atoms with Gasteiger partial charge >= 0.3 is 0 Å². The SMILES string of the molecule is COCCN1CC(c2ccccc2)NCCC1C. The molecule has 0 spiro atoms. The van der Waals surface area contributed by atoms with Crippen molar-refractivity contribution in [3.8, 4) is 0 Å². The molecular formula is C15H24N2O. The zero-order valence-corrected chi connectivity index (χ0v) is 11.4. The van der Waals surface area contributed by atoms with E-state index in [-0.39, 0.29) is 0 Å². The van der Waals surface area contributed by atoms with Crippen LogP contribution in [0.15, 0.2) is 30.3 Å². The van der Waals surface area contributed by atoms with Gasteiger partial charge in [-0.1, -0.05) is 30.3 Å². The van der Waals surface area contributed by atoms with Gasteiger partial charge in [0, 0.05) is 32.3 Å². The molecule has 3 nitrogen and oxygen atoms in total. The minimum Gasteiger partial charge on any atom is -0.383 e. The molecule has 2 unspecified atom stereocenters. The lowest BCUT2D eigenvalue weighted by Crippen LogP contribution is -2.38. The fourth-order valence-electron chi connectivity index (χ4n) is 2.56. The van der Waals surface area contributed by atoms with Crippen molar-refractivity contribution in [2.24, 2.45) is 0 Å². The third-order valence-electron chi connectivity index (χ3n) is 3.78. The molecule has 1 aliphatic heterocycles. The molecule has 1 heterocycles. The average Bonchev–Trinajstić information content (AvgIpc) is 2.60. The molecule has 0 aromatic heterocycles. The third-order valence-corrected chi connectivity index (χ3v) is 3.78. The minimum atomic E-state index is 0.438. The number of rotatable bonds is 4. The van der Waals surface area contributed by atoms with Gasteiger partial charge in [0.25, 0.3) is 0 Å². The van der Waals surface area contributed by atoms with Crippen molar-refractivity contribution < 1.29 is 4.74 Å². The highest BCUT2D eigenvalue weighted by Crippen LogP contribution is 2.19. The van der Waals surface area contributed by atoms with Crippen LogP contribution in [-0.2, 0) is 4.74 Å². The van der Waals surface area contributed by atoms with E-state index < -0.39 is 0 Å². The van der Waals surface area contributed by atoms with Gasteiger partial charge in [0.2, 0.25) is 0 Å². The first-order valence-corrected chi connectivity index (χ1v) is 6.82. The monoisotopic (exact) mass is 248 g/mol. The van der Waals surface area contributed by atoms with Crippen molar-refractivity contribution in [3.63, 3.8) is 0 Å². The minimum absolute atomic E-state index is 0.438. The lowest BCUT2D eigenvalue weighted by atomic mass is 10.1. The van der Waals surface area contributed by atoms with Gasteiger partial charge in [0.15, 0.2) is 0 Å². The summed E-state index contributed by atoms with van der Waals surface area (Å²) in [5, 5.41) is 3.65. The second kappa shape index (κ2) is 6.88. The molecule has 0 amide bonds. The van der Waals surface area contributed by atoms with Gasteiger partial charge in [0.1, 0.15) is 0 Å². The van der Waals surface area contributed by atoms with E-state index >= 15 is 0 Å². The molecule has 0 radical (unpaired) electrons. The predicted octanol–water partition coefficient (Wildman–Crippen LogP) is 2.06. The molecule has 1 aromatic carbocycles. The highest BCUT2D eigenvalue weighted by molar-refractivity contribution is 5.19. The molecule has 1 aliphatic rings. The smallest absolute Gasteiger partial charge is 0.0589 e. The van der Waals surface area contributed by atoms with Crippen molar-refractivity contribution >= 4 is 0 Å². The zero-order valence-electron chi connectivity index (χ0n) is 11.4. The number of benzene rings is 1. The van der Waals surface area contributed by atoms with E-state index in [0.29, 0.717) is 12.1 Å². The molecule has 1 aromatic rings. The lowest BCUT2D eigenvalue weighted by Gasteiger charge is -2.28. The summed E-state index contributed by atoms with van der Waals surface area (Å²) in [4.78, 5) is 2.53. The number of hydrogen-bond donors (Lipinski definition) is 1. The molecule has 0 saturated carbocycles.